The normalized spacial score (nSPS) is 29.8. The van der Waals surface area contributed by atoms with Gasteiger partial charge in [-0.3, -0.25) is 0 Å². The van der Waals surface area contributed by atoms with E-state index in [0.29, 0.717) is 6.04 Å². The molecular formula is C13H27NO. The van der Waals surface area contributed by atoms with Gasteiger partial charge in [-0.05, 0) is 32.1 Å². The lowest BCUT2D eigenvalue weighted by Crippen LogP contribution is -2.34. The molecule has 0 saturated heterocycles. The molecular weight excluding hydrogens is 186 g/mol. The van der Waals surface area contributed by atoms with E-state index in [9.17, 15) is 5.11 Å². The maximum absolute atomic E-state index is 9.23. The second-order valence-corrected chi connectivity index (χ2v) is 5.12. The molecule has 3 unspecified atom stereocenters. The van der Waals surface area contributed by atoms with E-state index in [1.807, 2.05) is 6.92 Å². The Hall–Kier alpha value is -0.0800. The number of hydrogen-bond acceptors (Lipinski definition) is 2. The van der Waals surface area contributed by atoms with Crippen molar-refractivity contribution in [3.8, 4) is 0 Å². The molecule has 1 fully saturated rings. The molecule has 0 heterocycles. The predicted molar refractivity (Wildman–Crippen MR) is 65.0 cm³/mol. The fourth-order valence-corrected chi connectivity index (χ4v) is 2.62. The molecule has 0 amide bonds. The van der Waals surface area contributed by atoms with E-state index in [1.54, 1.807) is 0 Å². The van der Waals surface area contributed by atoms with Crippen LogP contribution in [0.2, 0.25) is 0 Å². The van der Waals surface area contributed by atoms with Crippen molar-refractivity contribution in [3.05, 3.63) is 0 Å². The lowest BCUT2D eigenvalue weighted by molar-refractivity contribution is 0.184. The van der Waals surface area contributed by atoms with Crippen LogP contribution in [0, 0.1) is 5.92 Å². The first-order chi connectivity index (χ1) is 7.22. The lowest BCUT2D eigenvalue weighted by Gasteiger charge is -2.17. The summed E-state index contributed by atoms with van der Waals surface area (Å²) in [5.74, 6) is 0.966. The minimum absolute atomic E-state index is 0.209. The summed E-state index contributed by atoms with van der Waals surface area (Å²) in [5.41, 5.74) is 0. The third-order valence-electron chi connectivity index (χ3n) is 3.49. The molecule has 0 bridgehead atoms. The molecule has 1 saturated carbocycles. The Balaban J connectivity index is 2.20. The molecule has 1 rings (SSSR count). The van der Waals surface area contributed by atoms with Gasteiger partial charge in [-0.2, -0.15) is 0 Å². The molecule has 0 radical (unpaired) electrons. The highest BCUT2D eigenvalue weighted by atomic mass is 16.3. The number of nitrogens with one attached hydrogen (secondary N) is 1. The molecule has 0 aliphatic heterocycles. The molecule has 2 heteroatoms. The molecule has 1 aliphatic carbocycles. The van der Waals surface area contributed by atoms with Crippen molar-refractivity contribution in [2.75, 3.05) is 6.54 Å². The van der Waals surface area contributed by atoms with Crippen LogP contribution < -0.4 is 5.32 Å². The van der Waals surface area contributed by atoms with Crippen molar-refractivity contribution in [3.63, 3.8) is 0 Å². The minimum Gasteiger partial charge on any atom is -0.392 e. The van der Waals surface area contributed by atoms with E-state index in [4.69, 9.17) is 0 Å². The van der Waals surface area contributed by atoms with Crippen molar-refractivity contribution in [2.24, 2.45) is 5.92 Å². The maximum Gasteiger partial charge on any atom is 0.0636 e. The molecule has 0 aromatic heterocycles. The molecule has 3 atom stereocenters. The minimum atomic E-state index is -0.209. The number of rotatable bonds is 5. The van der Waals surface area contributed by atoms with E-state index in [1.165, 1.54) is 44.9 Å². The Labute approximate surface area is 94.5 Å². The van der Waals surface area contributed by atoms with E-state index < -0.39 is 0 Å². The smallest absolute Gasteiger partial charge is 0.0636 e. The highest BCUT2D eigenvalue weighted by molar-refractivity contribution is 4.75. The first-order valence-electron chi connectivity index (χ1n) is 6.63. The summed E-state index contributed by atoms with van der Waals surface area (Å²) >= 11 is 0. The first-order valence-corrected chi connectivity index (χ1v) is 6.63. The Morgan fingerprint density at radius 2 is 2.07 bits per heavy atom. The largest absolute Gasteiger partial charge is 0.392 e. The van der Waals surface area contributed by atoms with Gasteiger partial charge in [0.1, 0.15) is 0 Å². The van der Waals surface area contributed by atoms with Crippen molar-refractivity contribution < 1.29 is 5.11 Å². The van der Waals surface area contributed by atoms with Crippen molar-refractivity contribution in [1.29, 1.82) is 0 Å². The van der Waals surface area contributed by atoms with Gasteiger partial charge in [0.2, 0.25) is 0 Å². The van der Waals surface area contributed by atoms with E-state index in [-0.39, 0.29) is 6.10 Å². The summed E-state index contributed by atoms with van der Waals surface area (Å²) in [6.45, 7) is 4.89. The Kier molecular flexibility index (Phi) is 6.26. The van der Waals surface area contributed by atoms with Gasteiger partial charge in [-0.25, -0.2) is 0 Å². The average molecular weight is 213 g/mol. The summed E-state index contributed by atoms with van der Waals surface area (Å²) in [6.07, 6.45) is 9.29. The van der Waals surface area contributed by atoms with Gasteiger partial charge < -0.3 is 10.4 Å². The van der Waals surface area contributed by atoms with Crippen LogP contribution >= 0.6 is 0 Å². The van der Waals surface area contributed by atoms with E-state index in [2.05, 4.69) is 12.2 Å². The van der Waals surface area contributed by atoms with Crippen LogP contribution in [0.3, 0.4) is 0 Å². The fraction of sp³-hybridized carbons (Fsp3) is 1.00. The second kappa shape index (κ2) is 7.24. The zero-order chi connectivity index (χ0) is 11.1. The molecule has 15 heavy (non-hydrogen) atoms. The van der Waals surface area contributed by atoms with Crippen LogP contribution in [0.15, 0.2) is 0 Å². The average Bonchev–Trinajstić information content (AvgIpc) is 2.41. The third kappa shape index (κ3) is 5.53. The Morgan fingerprint density at radius 1 is 1.27 bits per heavy atom. The van der Waals surface area contributed by atoms with Crippen LogP contribution in [-0.4, -0.2) is 23.8 Å². The van der Waals surface area contributed by atoms with Gasteiger partial charge in [-0.1, -0.05) is 32.6 Å². The SMILES string of the molecule is CCCC1CCCC(NCC(C)O)CC1. The van der Waals surface area contributed by atoms with E-state index in [0.717, 1.165) is 12.5 Å². The lowest BCUT2D eigenvalue weighted by atomic mass is 9.95. The third-order valence-corrected chi connectivity index (χ3v) is 3.49. The highest BCUT2D eigenvalue weighted by Crippen LogP contribution is 2.26. The quantitative estimate of drug-likeness (QED) is 0.688. The molecule has 2 N–H and O–H groups in total. The summed E-state index contributed by atoms with van der Waals surface area (Å²) in [6, 6.07) is 0.654. The monoisotopic (exact) mass is 213 g/mol. The molecule has 2 nitrogen and oxygen atoms in total. The molecule has 1 aliphatic rings. The van der Waals surface area contributed by atoms with Gasteiger partial charge in [0.15, 0.2) is 0 Å². The molecule has 90 valence electrons. The summed E-state index contributed by atoms with van der Waals surface area (Å²) < 4.78 is 0. The molecule has 0 spiro atoms. The topological polar surface area (TPSA) is 32.3 Å². The van der Waals surface area contributed by atoms with Crippen LogP contribution in [0.5, 0.6) is 0 Å². The van der Waals surface area contributed by atoms with Gasteiger partial charge in [-0.15, -0.1) is 0 Å². The Morgan fingerprint density at radius 3 is 2.73 bits per heavy atom. The predicted octanol–water partition coefficient (Wildman–Crippen LogP) is 2.71. The van der Waals surface area contributed by atoms with Gasteiger partial charge in [0.05, 0.1) is 6.10 Å². The van der Waals surface area contributed by atoms with Crippen LogP contribution in [0.4, 0.5) is 0 Å². The molecule has 0 aromatic rings. The number of aliphatic hydroxyl groups excluding tert-OH is 1. The summed E-state index contributed by atoms with van der Waals surface area (Å²) in [5, 5.41) is 12.7. The number of aliphatic hydroxyl groups is 1. The van der Waals surface area contributed by atoms with E-state index >= 15 is 0 Å². The van der Waals surface area contributed by atoms with Crippen LogP contribution in [-0.2, 0) is 0 Å². The number of hydrogen-bond donors (Lipinski definition) is 2. The van der Waals surface area contributed by atoms with Gasteiger partial charge in [0.25, 0.3) is 0 Å². The van der Waals surface area contributed by atoms with Crippen LogP contribution in [0.25, 0.3) is 0 Å². The standard InChI is InChI=1S/C13H27NO/c1-3-5-12-6-4-7-13(9-8-12)14-10-11(2)15/h11-15H,3-10H2,1-2H3. The Bertz CT molecular complexity index is 159. The van der Waals surface area contributed by atoms with Crippen molar-refractivity contribution in [1.82, 2.24) is 5.32 Å². The van der Waals surface area contributed by atoms with Crippen LogP contribution in [0.1, 0.15) is 58.8 Å². The molecule has 0 aromatic carbocycles. The summed E-state index contributed by atoms with van der Waals surface area (Å²) in [4.78, 5) is 0. The van der Waals surface area contributed by atoms with Gasteiger partial charge >= 0.3 is 0 Å². The first kappa shape index (κ1) is 13.0. The zero-order valence-electron chi connectivity index (χ0n) is 10.3. The maximum atomic E-state index is 9.23. The zero-order valence-corrected chi connectivity index (χ0v) is 10.3. The highest BCUT2D eigenvalue weighted by Gasteiger charge is 2.17. The summed E-state index contributed by atoms with van der Waals surface area (Å²) in [7, 11) is 0. The second-order valence-electron chi connectivity index (χ2n) is 5.12. The fourth-order valence-electron chi connectivity index (χ4n) is 2.62. The van der Waals surface area contributed by atoms with Crippen molar-refractivity contribution in [2.45, 2.75) is 70.9 Å². The van der Waals surface area contributed by atoms with Crippen molar-refractivity contribution >= 4 is 0 Å². The van der Waals surface area contributed by atoms with Gasteiger partial charge in [0, 0.05) is 12.6 Å².